The van der Waals surface area contributed by atoms with Crippen molar-refractivity contribution in [2.75, 3.05) is 13.6 Å². The van der Waals surface area contributed by atoms with E-state index in [0.717, 1.165) is 31.6 Å². The van der Waals surface area contributed by atoms with Crippen LogP contribution in [0.3, 0.4) is 0 Å². The van der Waals surface area contributed by atoms with E-state index in [1.807, 2.05) is 7.05 Å². The van der Waals surface area contributed by atoms with Gasteiger partial charge in [-0.15, -0.1) is 0 Å². The van der Waals surface area contributed by atoms with E-state index in [1.165, 1.54) is 29.8 Å². The minimum Gasteiger partial charge on any atom is -0.319 e. The van der Waals surface area contributed by atoms with Crippen LogP contribution in [0.25, 0.3) is 0 Å². The fraction of sp³-hybridized carbons (Fsp3) is 0.714. The van der Waals surface area contributed by atoms with Crippen LogP contribution in [-0.2, 0) is 19.3 Å². The highest BCUT2D eigenvalue weighted by atomic mass is 14.9. The molecule has 1 aliphatic rings. The molecule has 0 atom stereocenters. The van der Waals surface area contributed by atoms with Crippen LogP contribution < -0.4 is 5.32 Å². The van der Waals surface area contributed by atoms with Gasteiger partial charge in [-0.05, 0) is 51.3 Å². The minimum atomic E-state index is 0.656. The predicted octanol–water partition coefficient (Wildman–Crippen LogP) is 2.24. The van der Waals surface area contributed by atoms with Gasteiger partial charge >= 0.3 is 0 Å². The van der Waals surface area contributed by atoms with Gasteiger partial charge in [0, 0.05) is 17.3 Å². The third-order valence-electron chi connectivity index (χ3n) is 3.43. The molecule has 0 bridgehead atoms. The van der Waals surface area contributed by atoms with E-state index in [4.69, 9.17) is 9.97 Å². The monoisotopic (exact) mass is 233 g/mol. The number of rotatable bonds is 6. The Bertz CT molecular complexity index is 358. The molecule has 0 radical (unpaired) electrons. The Morgan fingerprint density at radius 1 is 1.12 bits per heavy atom. The molecular formula is C14H23N3. The highest BCUT2D eigenvalue weighted by Crippen LogP contribution is 2.38. The lowest BCUT2D eigenvalue weighted by Crippen LogP contribution is -2.16. The van der Waals surface area contributed by atoms with Crippen LogP contribution >= 0.6 is 0 Å². The van der Waals surface area contributed by atoms with Crippen LogP contribution in [0, 0.1) is 0 Å². The average Bonchev–Trinajstić information content (AvgIpc) is 3.19. The van der Waals surface area contributed by atoms with Crippen molar-refractivity contribution in [1.82, 2.24) is 15.3 Å². The lowest BCUT2D eigenvalue weighted by atomic mass is 10.0. The summed E-state index contributed by atoms with van der Waals surface area (Å²) in [6, 6.07) is 0. The molecule has 0 spiro atoms. The Morgan fingerprint density at radius 3 is 2.12 bits per heavy atom. The molecule has 0 aromatic carbocycles. The number of hydrogen-bond acceptors (Lipinski definition) is 3. The van der Waals surface area contributed by atoms with E-state index < -0.39 is 0 Å². The van der Waals surface area contributed by atoms with Gasteiger partial charge in [-0.1, -0.05) is 13.8 Å². The van der Waals surface area contributed by atoms with Gasteiger partial charge in [-0.2, -0.15) is 0 Å². The molecule has 0 saturated heterocycles. The minimum absolute atomic E-state index is 0.656. The van der Waals surface area contributed by atoms with Crippen molar-refractivity contribution in [2.24, 2.45) is 0 Å². The van der Waals surface area contributed by atoms with Crippen LogP contribution in [0.4, 0.5) is 0 Å². The molecule has 1 aromatic heterocycles. The molecule has 0 amide bonds. The van der Waals surface area contributed by atoms with Crippen LogP contribution in [0.1, 0.15) is 55.4 Å². The van der Waals surface area contributed by atoms with Gasteiger partial charge in [0.15, 0.2) is 0 Å². The second kappa shape index (κ2) is 5.58. The van der Waals surface area contributed by atoms with E-state index in [0.29, 0.717) is 5.92 Å². The van der Waals surface area contributed by atoms with Crippen molar-refractivity contribution >= 4 is 0 Å². The zero-order valence-electron chi connectivity index (χ0n) is 11.2. The second-order valence-corrected chi connectivity index (χ2v) is 4.79. The molecule has 1 saturated carbocycles. The maximum Gasteiger partial charge on any atom is 0.131 e. The first-order chi connectivity index (χ1) is 8.30. The Morgan fingerprint density at radius 2 is 1.71 bits per heavy atom. The molecule has 94 valence electrons. The lowest BCUT2D eigenvalue weighted by Gasteiger charge is -2.13. The van der Waals surface area contributed by atoms with Crippen LogP contribution in [-0.4, -0.2) is 23.6 Å². The van der Waals surface area contributed by atoms with Crippen molar-refractivity contribution in [3.63, 3.8) is 0 Å². The Hall–Kier alpha value is -0.960. The highest BCUT2D eigenvalue weighted by molar-refractivity contribution is 5.28. The average molecular weight is 233 g/mol. The van der Waals surface area contributed by atoms with Crippen molar-refractivity contribution in [2.45, 2.75) is 51.9 Å². The largest absolute Gasteiger partial charge is 0.319 e. The van der Waals surface area contributed by atoms with Crippen molar-refractivity contribution in [1.29, 1.82) is 0 Å². The molecule has 17 heavy (non-hydrogen) atoms. The Labute approximate surface area is 104 Å². The zero-order chi connectivity index (χ0) is 12.3. The first-order valence-corrected chi connectivity index (χ1v) is 6.83. The van der Waals surface area contributed by atoms with E-state index in [1.54, 1.807) is 0 Å². The first kappa shape index (κ1) is 12.5. The molecule has 3 nitrogen and oxygen atoms in total. The van der Waals surface area contributed by atoms with Gasteiger partial charge in [0.25, 0.3) is 0 Å². The number of nitrogens with one attached hydrogen (secondary N) is 1. The molecular weight excluding hydrogens is 210 g/mol. The fourth-order valence-corrected chi connectivity index (χ4v) is 2.25. The van der Waals surface area contributed by atoms with E-state index in [-0.39, 0.29) is 0 Å². The quantitative estimate of drug-likeness (QED) is 0.819. The molecule has 0 unspecified atom stereocenters. The summed E-state index contributed by atoms with van der Waals surface area (Å²) < 4.78 is 0. The standard InChI is InChI=1S/C14H23N3/c1-4-12-11(8-9-15-3)13(5-2)17-14(16-12)10-6-7-10/h10,15H,4-9H2,1-3H3. The number of aromatic nitrogens is 2. The smallest absolute Gasteiger partial charge is 0.131 e. The summed E-state index contributed by atoms with van der Waals surface area (Å²) in [6.45, 7) is 5.40. The third kappa shape index (κ3) is 2.83. The zero-order valence-corrected chi connectivity index (χ0v) is 11.2. The SMILES string of the molecule is CCc1nc(C2CC2)nc(CC)c1CCNC. The molecule has 1 aromatic rings. The van der Waals surface area contributed by atoms with Gasteiger partial charge in [-0.25, -0.2) is 9.97 Å². The Balaban J connectivity index is 2.32. The summed E-state index contributed by atoms with van der Waals surface area (Å²) >= 11 is 0. The van der Waals surface area contributed by atoms with Crippen molar-refractivity contribution < 1.29 is 0 Å². The summed E-state index contributed by atoms with van der Waals surface area (Å²) in [6.07, 6.45) is 5.65. The van der Waals surface area contributed by atoms with Crippen molar-refractivity contribution in [3.05, 3.63) is 22.8 Å². The predicted molar refractivity (Wildman–Crippen MR) is 70.4 cm³/mol. The van der Waals surface area contributed by atoms with Crippen LogP contribution in [0.2, 0.25) is 0 Å². The molecule has 3 heteroatoms. The molecule has 1 N–H and O–H groups in total. The summed E-state index contributed by atoms with van der Waals surface area (Å²) in [5.41, 5.74) is 3.93. The summed E-state index contributed by atoms with van der Waals surface area (Å²) in [4.78, 5) is 9.55. The number of hydrogen-bond donors (Lipinski definition) is 1. The molecule has 1 fully saturated rings. The number of nitrogens with zero attached hydrogens (tertiary/aromatic N) is 2. The number of likely N-dealkylation sites (N-methyl/N-ethyl adjacent to an activating group) is 1. The van der Waals surface area contributed by atoms with Gasteiger partial charge in [0.05, 0.1) is 0 Å². The number of aryl methyl sites for hydroxylation is 2. The van der Waals surface area contributed by atoms with Gasteiger partial charge < -0.3 is 5.32 Å². The first-order valence-electron chi connectivity index (χ1n) is 6.83. The highest BCUT2D eigenvalue weighted by Gasteiger charge is 2.28. The Kier molecular flexibility index (Phi) is 4.11. The maximum atomic E-state index is 4.78. The van der Waals surface area contributed by atoms with Crippen molar-refractivity contribution in [3.8, 4) is 0 Å². The summed E-state index contributed by atoms with van der Waals surface area (Å²) in [7, 11) is 2.00. The summed E-state index contributed by atoms with van der Waals surface area (Å²) in [5, 5.41) is 3.21. The summed E-state index contributed by atoms with van der Waals surface area (Å²) in [5.74, 6) is 1.76. The fourth-order valence-electron chi connectivity index (χ4n) is 2.25. The lowest BCUT2D eigenvalue weighted by molar-refractivity contribution is 0.743. The van der Waals surface area contributed by atoms with Gasteiger partial charge in [0.2, 0.25) is 0 Å². The third-order valence-corrected chi connectivity index (χ3v) is 3.43. The van der Waals surface area contributed by atoms with E-state index >= 15 is 0 Å². The molecule has 2 rings (SSSR count). The topological polar surface area (TPSA) is 37.8 Å². The van der Waals surface area contributed by atoms with Crippen LogP contribution in [0.15, 0.2) is 0 Å². The van der Waals surface area contributed by atoms with Crippen LogP contribution in [0.5, 0.6) is 0 Å². The molecule has 1 aliphatic carbocycles. The van der Waals surface area contributed by atoms with Gasteiger partial charge in [-0.3, -0.25) is 0 Å². The van der Waals surface area contributed by atoms with Gasteiger partial charge in [0.1, 0.15) is 5.82 Å². The van der Waals surface area contributed by atoms with E-state index in [2.05, 4.69) is 19.2 Å². The molecule has 1 heterocycles. The second-order valence-electron chi connectivity index (χ2n) is 4.79. The van der Waals surface area contributed by atoms with E-state index in [9.17, 15) is 0 Å². The normalized spacial score (nSPS) is 15.2. The molecule has 0 aliphatic heterocycles. The maximum absolute atomic E-state index is 4.78.